The lowest BCUT2D eigenvalue weighted by Crippen LogP contribution is -2.26. The van der Waals surface area contributed by atoms with E-state index < -0.39 is 10.0 Å². The fourth-order valence-corrected chi connectivity index (χ4v) is 3.29. The first-order chi connectivity index (χ1) is 11.3. The molecule has 1 fully saturated rings. The average Bonchev–Trinajstić information content (AvgIpc) is 3.08. The minimum atomic E-state index is -3.84. The summed E-state index contributed by atoms with van der Waals surface area (Å²) in [5.41, 5.74) is 0.270. The Morgan fingerprint density at radius 3 is 2.67 bits per heavy atom. The molecule has 6 nitrogen and oxygen atoms in total. The Morgan fingerprint density at radius 1 is 1.33 bits per heavy atom. The van der Waals surface area contributed by atoms with E-state index >= 15 is 0 Å². The quantitative estimate of drug-likeness (QED) is 0.897. The van der Waals surface area contributed by atoms with Crippen molar-refractivity contribution in [2.45, 2.75) is 30.7 Å². The van der Waals surface area contributed by atoms with E-state index in [1.807, 2.05) is 12.1 Å². The number of benzene rings is 1. The molecule has 1 amide bonds. The van der Waals surface area contributed by atoms with Crippen LogP contribution in [0.25, 0.3) is 0 Å². The molecule has 128 valence electrons. The lowest BCUT2D eigenvalue weighted by molar-refractivity contribution is 0.0774. The van der Waals surface area contributed by atoms with Crippen molar-refractivity contribution in [2.75, 3.05) is 7.05 Å². The van der Waals surface area contributed by atoms with Crippen LogP contribution in [0, 0.1) is 5.92 Å². The van der Waals surface area contributed by atoms with Gasteiger partial charge in [0.05, 0.1) is 11.4 Å². The fraction of sp³-hybridized carbons (Fsp3) is 0.353. The number of hydrogen-bond acceptors (Lipinski definition) is 4. The van der Waals surface area contributed by atoms with Crippen molar-refractivity contribution < 1.29 is 17.6 Å². The number of sulfonamides is 1. The molecule has 1 aromatic heterocycles. The summed E-state index contributed by atoms with van der Waals surface area (Å²) in [6, 6.07) is 9.55. The predicted molar refractivity (Wildman–Crippen MR) is 88.8 cm³/mol. The second-order valence-electron chi connectivity index (χ2n) is 6.36. The fourth-order valence-electron chi connectivity index (χ4n) is 2.73. The molecule has 2 atom stereocenters. The first kappa shape index (κ1) is 16.7. The molecule has 0 unspecified atom stereocenters. The van der Waals surface area contributed by atoms with E-state index in [2.05, 4.69) is 6.92 Å². The van der Waals surface area contributed by atoms with E-state index in [0.717, 1.165) is 12.2 Å². The van der Waals surface area contributed by atoms with Gasteiger partial charge in [0.2, 0.25) is 10.0 Å². The molecule has 3 rings (SSSR count). The highest BCUT2D eigenvalue weighted by molar-refractivity contribution is 7.89. The van der Waals surface area contributed by atoms with Crippen LogP contribution in [0.4, 0.5) is 0 Å². The van der Waals surface area contributed by atoms with Gasteiger partial charge in [0, 0.05) is 18.5 Å². The van der Waals surface area contributed by atoms with Crippen LogP contribution >= 0.6 is 0 Å². The minimum Gasteiger partial charge on any atom is -0.464 e. The lowest BCUT2D eigenvalue weighted by Gasteiger charge is -2.16. The third-order valence-corrected chi connectivity index (χ3v) is 5.22. The normalized spacial score (nSPS) is 20.0. The van der Waals surface area contributed by atoms with Crippen molar-refractivity contribution in [3.63, 3.8) is 0 Å². The van der Waals surface area contributed by atoms with E-state index in [-0.39, 0.29) is 16.4 Å². The summed E-state index contributed by atoms with van der Waals surface area (Å²) in [4.78, 5) is 13.9. The molecule has 0 spiro atoms. The van der Waals surface area contributed by atoms with Crippen LogP contribution < -0.4 is 5.14 Å². The van der Waals surface area contributed by atoms with Gasteiger partial charge in [-0.2, -0.15) is 0 Å². The second-order valence-corrected chi connectivity index (χ2v) is 7.92. The van der Waals surface area contributed by atoms with Gasteiger partial charge in [-0.05, 0) is 42.7 Å². The number of hydrogen-bond donors (Lipinski definition) is 1. The molecule has 2 aromatic rings. The number of nitrogens with two attached hydrogens (primary N) is 1. The molecular weight excluding hydrogens is 328 g/mol. The predicted octanol–water partition coefficient (Wildman–Crippen LogP) is 2.32. The maximum Gasteiger partial charge on any atom is 0.254 e. The van der Waals surface area contributed by atoms with Gasteiger partial charge in [-0.3, -0.25) is 4.79 Å². The van der Waals surface area contributed by atoms with Crippen LogP contribution in [-0.2, 0) is 16.6 Å². The van der Waals surface area contributed by atoms with Crippen LogP contribution in [0.1, 0.15) is 41.1 Å². The van der Waals surface area contributed by atoms with Gasteiger partial charge in [0.25, 0.3) is 5.91 Å². The monoisotopic (exact) mass is 348 g/mol. The molecule has 1 aliphatic rings. The molecule has 7 heteroatoms. The highest BCUT2D eigenvalue weighted by atomic mass is 32.2. The van der Waals surface area contributed by atoms with Crippen molar-refractivity contribution in [1.29, 1.82) is 0 Å². The molecule has 0 aliphatic heterocycles. The Bertz CT molecular complexity index is 872. The van der Waals surface area contributed by atoms with Gasteiger partial charge in [-0.1, -0.05) is 13.0 Å². The Balaban J connectivity index is 1.72. The summed E-state index contributed by atoms with van der Waals surface area (Å²) in [5.74, 6) is 2.53. The number of furan rings is 1. The Morgan fingerprint density at radius 2 is 2.04 bits per heavy atom. The molecule has 1 aliphatic carbocycles. The maximum atomic E-state index is 12.5. The third-order valence-electron chi connectivity index (χ3n) is 4.31. The van der Waals surface area contributed by atoms with Gasteiger partial charge < -0.3 is 9.32 Å². The van der Waals surface area contributed by atoms with E-state index in [9.17, 15) is 13.2 Å². The van der Waals surface area contributed by atoms with Crippen LogP contribution in [0.2, 0.25) is 0 Å². The number of carbonyl (C=O) groups is 1. The highest BCUT2D eigenvalue weighted by Crippen LogP contribution is 2.47. The topological polar surface area (TPSA) is 93.6 Å². The lowest BCUT2D eigenvalue weighted by atomic mass is 10.2. The van der Waals surface area contributed by atoms with E-state index in [1.54, 1.807) is 13.1 Å². The molecule has 24 heavy (non-hydrogen) atoms. The van der Waals surface area contributed by atoms with Gasteiger partial charge in [-0.25, -0.2) is 13.6 Å². The zero-order valence-corrected chi connectivity index (χ0v) is 14.4. The third kappa shape index (κ3) is 3.52. The van der Waals surface area contributed by atoms with Crippen LogP contribution in [0.3, 0.4) is 0 Å². The van der Waals surface area contributed by atoms with Crippen molar-refractivity contribution in [1.82, 2.24) is 4.90 Å². The highest BCUT2D eigenvalue weighted by Gasteiger charge is 2.36. The number of nitrogens with zero attached hydrogens (tertiary/aromatic N) is 1. The first-order valence-corrected chi connectivity index (χ1v) is 9.27. The summed E-state index contributed by atoms with van der Waals surface area (Å²) in [7, 11) is -2.19. The van der Waals surface area contributed by atoms with Crippen molar-refractivity contribution in [2.24, 2.45) is 11.1 Å². The Kier molecular flexibility index (Phi) is 4.23. The van der Waals surface area contributed by atoms with Crippen LogP contribution in [-0.4, -0.2) is 26.3 Å². The van der Waals surface area contributed by atoms with Crippen LogP contribution in [0.5, 0.6) is 0 Å². The number of amides is 1. The molecular formula is C17H20N2O4S. The van der Waals surface area contributed by atoms with Crippen molar-refractivity contribution >= 4 is 15.9 Å². The molecule has 1 saturated carbocycles. The van der Waals surface area contributed by atoms with Gasteiger partial charge in [-0.15, -0.1) is 0 Å². The minimum absolute atomic E-state index is 0.0789. The molecule has 1 heterocycles. The number of carbonyl (C=O) groups excluding carboxylic acids is 1. The van der Waals surface area contributed by atoms with E-state index in [4.69, 9.17) is 9.56 Å². The van der Waals surface area contributed by atoms with Gasteiger partial charge in [0.1, 0.15) is 11.5 Å². The summed E-state index contributed by atoms with van der Waals surface area (Å²) >= 11 is 0. The summed E-state index contributed by atoms with van der Waals surface area (Å²) in [5, 5.41) is 5.11. The molecule has 0 saturated heterocycles. The standard InChI is InChI=1S/C17H20N2O4S/c1-11-8-15(11)16-7-6-13(23-16)10-19(2)17(20)12-4-3-5-14(9-12)24(18,21)22/h3-7,9,11,15H,8,10H2,1-2H3,(H2,18,21,22)/t11-,15-/m0/s1. The van der Waals surface area contributed by atoms with Gasteiger partial charge in [0.15, 0.2) is 0 Å². The second kappa shape index (κ2) is 6.07. The van der Waals surface area contributed by atoms with E-state index in [0.29, 0.717) is 24.1 Å². The summed E-state index contributed by atoms with van der Waals surface area (Å²) < 4.78 is 28.6. The SMILES string of the molecule is C[C@H]1C[C@@H]1c1ccc(CN(C)C(=O)c2cccc(S(N)(=O)=O)c2)o1. The molecule has 0 radical (unpaired) electrons. The molecule has 0 bridgehead atoms. The summed E-state index contributed by atoms with van der Waals surface area (Å²) in [6.45, 7) is 2.50. The van der Waals surface area contributed by atoms with Crippen molar-refractivity contribution in [3.05, 3.63) is 53.5 Å². The molecule has 1 aromatic carbocycles. The number of rotatable bonds is 5. The maximum absolute atomic E-state index is 12.5. The Hall–Kier alpha value is -2.12. The largest absolute Gasteiger partial charge is 0.464 e. The van der Waals surface area contributed by atoms with Crippen LogP contribution in [0.15, 0.2) is 45.7 Å². The Labute approximate surface area is 141 Å². The number of primary sulfonamides is 1. The van der Waals surface area contributed by atoms with Gasteiger partial charge >= 0.3 is 0 Å². The average molecular weight is 348 g/mol. The molecule has 2 N–H and O–H groups in total. The first-order valence-electron chi connectivity index (χ1n) is 7.72. The smallest absolute Gasteiger partial charge is 0.254 e. The summed E-state index contributed by atoms with van der Waals surface area (Å²) in [6.07, 6.45) is 1.14. The zero-order valence-electron chi connectivity index (χ0n) is 13.6. The van der Waals surface area contributed by atoms with E-state index in [1.165, 1.54) is 23.1 Å². The zero-order chi connectivity index (χ0) is 17.5. The van der Waals surface area contributed by atoms with Crippen molar-refractivity contribution in [3.8, 4) is 0 Å².